The van der Waals surface area contributed by atoms with Crippen molar-refractivity contribution in [3.05, 3.63) is 60.7 Å². The third kappa shape index (κ3) is 4.40. The van der Waals surface area contributed by atoms with Crippen molar-refractivity contribution in [3.63, 3.8) is 0 Å². The largest absolute Gasteiger partial charge is 0.506 e. The zero-order valence-electron chi connectivity index (χ0n) is 11.2. The van der Waals surface area contributed by atoms with Crippen molar-refractivity contribution in [2.75, 3.05) is 0 Å². The van der Waals surface area contributed by atoms with Crippen LogP contribution in [-0.2, 0) is 4.79 Å². The monoisotopic (exact) mass is 522 g/mol. The van der Waals surface area contributed by atoms with Crippen molar-refractivity contribution in [3.8, 4) is 5.75 Å². The molecular formula is C15H12I2N2O3. The quantitative estimate of drug-likeness (QED) is 0.329. The molecule has 0 heterocycles. The van der Waals surface area contributed by atoms with Gasteiger partial charge in [0.05, 0.1) is 9.78 Å². The van der Waals surface area contributed by atoms with Crippen molar-refractivity contribution in [1.82, 2.24) is 5.43 Å². The SMILES string of the molecule is O=C(N/N=C\c1cc(I)cc(I)c1O)[C@H](O)c1ccccc1. The van der Waals surface area contributed by atoms with Crippen LogP contribution in [0.3, 0.4) is 0 Å². The first-order chi connectivity index (χ1) is 10.5. The number of phenolic OH excluding ortho intramolecular Hbond substituents is 1. The first-order valence-corrected chi connectivity index (χ1v) is 8.38. The molecule has 0 aliphatic heterocycles. The Morgan fingerprint density at radius 2 is 1.91 bits per heavy atom. The van der Waals surface area contributed by atoms with E-state index in [0.717, 1.165) is 3.57 Å². The minimum atomic E-state index is -1.29. The Bertz CT molecular complexity index is 705. The van der Waals surface area contributed by atoms with Gasteiger partial charge in [0, 0.05) is 9.13 Å². The third-order valence-electron chi connectivity index (χ3n) is 2.80. The van der Waals surface area contributed by atoms with Gasteiger partial charge < -0.3 is 10.2 Å². The minimum absolute atomic E-state index is 0.0997. The second-order valence-corrected chi connectivity index (χ2v) is 6.78. The highest BCUT2D eigenvalue weighted by Gasteiger charge is 2.16. The highest BCUT2D eigenvalue weighted by atomic mass is 127. The maximum absolute atomic E-state index is 11.8. The predicted octanol–water partition coefficient (Wildman–Crippen LogP) is 2.79. The Morgan fingerprint density at radius 1 is 1.23 bits per heavy atom. The maximum Gasteiger partial charge on any atom is 0.273 e. The van der Waals surface area contributed by atoms with Crippen LogP contribution in [0.5, 0.6) is 5.75 Å². The van der Waals surface area contributed by atoms with Crippen LogP contribution in [0.1, 0.15) is 17.2 Å². The first kappa shape index (κ1) is 17.2. The molecule has 0 bridgehead atoms. The van der Waals surface area contributed by atoms with Crippen LogP contribution < -0.4 is 5.43 Å². The normalized spacial score (nSPS) is 12.3. The summed E-state index contributed by atoms with van der Waals surface area (Å²) in [6.45, 7) is 0. The molecule has 114 valence electrons. The molecule has 5 nitrogen and oxygen atoms in total. The van der Waals surface area contributed by atoms with Gasteiger partial charge in [0.2, 0.25) is 0 Å². The lowest BCUT2D eigenvalue weighted by molar-refractivity contribution is -0.129. The minimum Gasteiger partial charge on any atom is -0.506 e. The number of aliphatic hydroxyl groups is 1. The van der Waals surface area contributed by atoms with Crippen LogP contribution in [0.2, 0.25) is 0 Å². The molecule has 7 heteroatoms. The molecule has 0 aliphatic carbocycles. The molecule has 2 rings (SSSR count). The molecule has 0 spiro atoms. The van der Waals surface area contributed by atoms with E-state index in [1.165, 1.54) is 6.21 Å². The molecule has 0 saturated heterocycles. The van der Waals surface area contributed by atoms with E-state index in [1.807, 2.05) is 28.7 Å². The number of rotatable bonds is 4. The van der Waals surface area contributed by atoms with E-state index in [9.17, 15) is 15.0 Å². The summed E-state index contributed by atoms with van der Waals surface area (Å²) in [6.07, 6.45) is 0.0536. The molecule has 3 N–H and O–H groups in total. The summed E-state index contributed by atoms with van der Waals surface area (Å²) in [5.74, 6) is -0.537. The number of aromatic hydroxyl groups is 1. The van der Waals surface area contributed by atoms with Gasteiger partial charge in [-0.05, 0) is 62.9 Å². The average Bonchev–Trinajstić information content (AvgIpc) is 2.51. The Labute approximate surface area is 154 Å². The Hall–Kier alpha value is -1.20. The highest BCUT2D eigenvalue weighted by molar-refractivity contribution is 14.1. The number of aliphatic hydroxyl groups excluding tert-OH is 1. The Morgan fingerprint density at radius 3 is 2.59 bits per heavy atom. The van der Waals surface area contributed by atoms with E-state index in [4.69, 9.17) is 0 Å². The fraction of sp³-hybridized carbons (Fsp3) is 0.0667. The zero-order valence-corrected chi connectivity index (χ0v) is 15.5. The van der Waals surface area contributed by atoms with Crippen molar-refractivity contribution in [2.45, 2.75) is 6.10 Å². The summed E-state index contributed by atoms with van der Waals surface area (Å²) in [5.41, 5.74) is 3.24. The molecule has 0 aliphatic rings. The number of nitrogens with zero attached hydrogens (tertiary/aromatic N) is 1. The van der Waals surface area contributed by atoms with Crippen molar-refractivity contribution in [2.24, 2.45) is 5.10 Å². The number of hydrazone groups is 1. The van der Waals surface area contributed by atoms with Crippen LogP contribution in [0.15, 0.2) is 47.6 Å². The summed E-state index contributed by atoms with van der Waals surface area (Å²) >= 11 is 4.14. The lowest BCUT2D eigenvalue weighted by atomic mass is 10.1. The summed E-state index contributed by atoms with van der Waals surface area (Å²) in [4.78, 5) is 11.8. The molecule has 0 aromatic heterocycles. The Balaban J connectivity index is 2.05. The Kier molecular flexibility index (Phi) is 6.15. The van der Waals surface area contributed by atoms with Crippen molar-refractivity contribution in [1.29, 1.82) is 0 Å². The number of carbonyl (C=O) groups excluding carboxylic acids is 1. The van der Waals surface area contributed by atoms with Crippen LogP contribution in [-0.4, -0.2) is 22.3 Å². The molecule has 22 heavy (non-hydrogen) atoms. The van der Waals surface area contributed by atoms with Gasteiger partial charge >= 0.3 is 0 Å². The summed E-state index contributed by atoms with van der Waals surface area (Å²) in [6, 6.07) is 12.1. The van der Waals surface area contributed by atoms with Crippen LogP contribution >= 0.6 is 45.2 Å². The van der Waals surface area contributed by atoms with E-state index < -0.39 is 12.0 Å². The van der Waals surface area contributed by atoms with Gasteiger partial charge in [-0.15, -0.1) is 0 Å². The van der Waals surface area contributed by atoms with Gasteiger partial charge in [-0.2, -0.15) is 5.10 Å². The lowest BCUT2D eigenvalue weighted by Crippen LogP contribution is -2.25. The molecule has 2 aromatic rings. The van der Waals surface area contributed by atoms with E-state index in [1.54, 1.807) is 36.4 Å². The maximum atomic E-state index is 11.8. The lowest BCUT2D eigenvalue weighted by Gasteiger charge is -2.08. The second-order valence-electron chi connectivity index (χ2n) is 4.37. The second kappa shape index (κ2) is 7.88. The van der Waals surface area contributed by atoms with Gasteiger partial charge in [0.25, 0.3) is 5.91 Å². The van der Waals surface area contributed by atoms with Gasteiger partial charge in [0.15, 0.2) is 6.10 Å². The predicted molar refractivity (Wildman–Crippen MR) is 101 cm³/mol. The van der Waals surface area contributed by atoms with E-state index in [-0.39, 0.29) is 5.75 Å². The van der Waals surface area contributed by atoms with E-state index >= 15 is 0 Å². The fourth-order valence-corrected chi connectivity index (χ4v) is 3.59. The van der Waals surface area contributed by atoms with E-state index in [2.05, 4.69) is 33.1 Å². The van der Waals surface area contributed by atoms with Crippen LogP contribution in [0.4, 0.5) is 0 Å². The summed E-state index contributed by atoms with van der Waals surface area (Å²) < 4.78 is 1.64. The van der Waals surface area contributed by atoms with Gasteiger partial charge in [-0.3, -0.25) is 4.79 Å². The number of halogens is 2. The number of carbonyl (C=O) groups is 1. The summed E-state index contributed by atoms with van der Waals surface area (Å²) in [5, 5.41) is 23.6. The third-order valence-corrected chi connectivity index (χ3v) is 4.24. The van der Waals surface area contributed by atoms with E-state index in [0.29, 0.717) is 14.7 Å². The number of amides is 1. The van der Waals surface area contributed by atoms with Crippen molar-refractivity contribution >= 4 is 57.3 Å². The number of hydrogen-bond acceptors (Lipinski definition) is 4. The highest BCUT2D eigenvalue weighted by Crippen LogP contribution is 2.25. The van der Waals surface area contributed by atoms with Gasteiger partial charge in [0.1, 0.15) is 5.75 Å². The molecule has 0 saturated carbocycles. The topological polar surface area (TPSA) is 81.9 Å². The van der Waals surface area contributed by atoms with Crippen LogP contribution in [0.25, 0.3) is 0 Å². The average molecular weight is 522 g/mol. The number of phenols is 1. The van der Waals surface area contributed by atoms with Crippen LogP contribution in [0, 0.1) is 7.14 Å². The number of benzene rings is 2. The molecule has 0 radical (unpaired) electrons. The smallest absolute Gasteiger partial charge is 0.273 e. The molecule has 0 unspecified atom stereocenters. The molecule has 2 aromatic carbocycles. The first-order valence-electron chi connectivity index (χ1n) is 6.23. The molecular weight excluding hydrogens is 510 g/mol. The number of hydrogen-bond donors (Lipinski definition) is 3. The molecule has 0 fully saturated rings. The van der Waals surface area contributed by atoms with Gasteiger partial charge in [-0.25, -0.2) is 5.43 Å². The van der Waals surface area contributed by atoms with Crippen molar-refractivity contribution < 1.29 is 15.0 Å². The van der Waals surface area contributed by atoms with Gasteiger partial charge in [-0.1, -0.05) is 30.3 Å². The standard InChI is InChI=1S/C15H12I2N2O3/c16-11-6-10(13(20)12(17)7-11)8-18-19-15(22)14(21)9-4-2-1-3-5-9/h1-8,14,20-21H,(H,19,22)/b18-8-/t14-/m1/s1. The molecule has 1 amide bonds. The molecule has 1 atom stereocenters. The zero-order chi connectivity index (χ0) is 16.1. The fourth-order valence-electron chi connectivity index (χ4n) is 1.70. The number of nitrogens with one attached hydrogen (secondary N) is 1. The summed E-state index contributed by atoms with van der Waals surface area (Å²) in [7, 11) is 0.